The average molecular weight is 298 g/mol. The van der Waals surface area contributed by atoms with E-state index in [1.165, 1.54) is 11.3 Å². The van der Waals surface area contributed by atoms with Gasteiger partial charge in [0.05, 0.1) is 0 Å². The molecule has 112 valence electrons. The molecule has 1 aliphatic rings. The van der Waals surface area contributed by atoms with Gasteiger partial charge in [-0.05, 0) is 38.0 Å². The predicted octanol–water partition coefficient (Wildman–Crippen LogP) is 2.12. The van der Waals surface area contributed by atoms with Gasteiger partial charge < -0.3 is 10.0 Å². The summed E-state index contributed by atoms with van der Waals surface area (Å²) < 4.78 is 0. The van der Waals surface area contributed by atoms with E-state index in [9.17, 15) is 4.79 Å². The van der Waals surface area contributed by atoms with Gasteiger partial charge in [0, 0.05) is 19.7 Å². The Kier molecular flexibility index (Phi) is 5.31. The molecule has 0 saturated heterocycles. The molecular weight excluding hydrogens is 276 g/mol. The topological polar surface area (TPSA) is 78.4 Å². The van der Waals surface area contributed by atoms with E-state index in [4.69, 9.17) is 5.11 Å². The van der Waals surface area contributed by atoms with Crippen LogP contribution >= 0.6 is 11.3 Å². The van der Waals surface area contributed by atoms with Gasteiger partial charge >= 0.3 is 6.03 Å². The van der Waals surface area contributed by atoms with Gasteiger partial charge in [-0.15, -0.1) is 10.2 Å². The van der Waals surface area contributed by atoms with Crippen molar-refractivity contribution in [2.45, 2.75) is 45.1 Å². The summed E-state index contributed by atoms with van der Waals surface area (Å²) in [5.74, 6) is 0.401. The van der Waals surface area contributed by atoms with Gasteiger partial charge in [-0.1, -0.05) is 18.3 Å². The van der Waals surface area contributed by atoms with Crippen molar-refractivity contribution in [3.63, 3.8) is 0 Å². The maximum Gasteiger partial charge on any atom is 0.323 e. The van der Waals surface area contributed by atoms with Crippen LogP contribution in [0.2, 0.25) is 0 Å². The van der Waals surface area contributed by atoms with Gasteiger partial charge in [0.15, 0.2) is 0 Å². The Morgan fingerprint density at radius 2 is 2.10 bits per heavy atom. The van der Waals surface area contributed by atoms with Crippen LogP contribution in [0.5, 0.6) is 0 Å². The summed E-state index contributed by atoms with van der Waals surface area (Å²) in [5.41, 5.74) is 0. The summed E-state index contributed by atoms with van der Waals surface area (Å²) in [6.07, 6.45) is 4.70. The standard InChI is InChI=1S/C13H22N4O2S/c1-3-11-15-16-12(20-11)14-13(19)17(2)10-6-4-9(8-18)5-7-10/h9-10,18H,3-8H2,1-2H3,(H,14,16,19). The Hall–Kier alpha value is -1.21. The molecule has 0 spiro atoms. The van der Waals surface area contributed by atoms with Crippen molar-refractivity contribution in [1.29, 1.82) is 0 Å². The van der Waals surface area contributed by atoms with Crippen molar-refractivity contribution in [2.24, 2.45) is 5.92 Å². The number of aliphatic hydroxyl groups is 1. The van der Waals surface area contributed by atoms with Crippen LogP contribution in [0.1, 0.15) is 37.6 Å². The molecule has 1 aromatic heterocycles. The lowest BCUT2D eigenvalue weighted by Gasteiger charge is -2.33. The third kappa shape index (κ3) is 3.67. The first-order chi connectivity index (χ1) is 9.63. The molecule has 0 aromatic carbocycles. The second-order valence-corrected chi connectivity index (χ2v) is 6.31. The number of amides is 2. The van der Waals surface area contributed by atoms with Crippen LogP contribution in [0.25, 0.3) is 0 Å². The quantitative estimate of drug-likeness (QED) is 0.892. The van der Waals surface area contributed by atoms with Gasteiger partial charge in [-0.25, -0.2) is 4.79 Å². The molecular formula is C13H22N4O2S. The number of aliphatic hydroxyl groups excluding tert-OH is 1. The zero-order valence-corrected chi connectivity index (χ0v) is 12.8. The van der Waals surface area contributed by atoms with E-state index in [0.717, 1.165) is 37.1 Å². The number of carbonyl (C=O) groups is 1. The van der Waals surface area contributed by atoms with E-state index in [1.54, 1.807) is 4.90 Å². The monoisotopic (exact) mass is 298 g/mol. The van der Waals surface area contributed by atoms with E-state index < -0.39 is 0 Å². The highest BCUT2D eigenvalue weighted by Gasteiger charge is 2.26. The Labute approximate surface area is 123 Å². The number of urea groups is 1. The summed E-state index contributed by atoms with van der Waals surface area (Å²) in [6, 6.07) is 0.118. The van der Waals surface area contributed by atoms with E-state index in [1.807, 2.05) is 14.0 Å². The van der Waals surface area contributed by atoms with Crippen LogP contribution in [0.4, 0.5) is 9.93 Å². The second-order valence-electron chi connectivity index (χ2n) is 5.25. The lowest BCUT2D eigenvalue weighted by molar-refractivity contribution is 0.139. The Morgan fingerprint density at radius 3 is 2.65 bits per heavy atom. The molecule has 1 heterocycles. The summed E-state index contributed by atoms with van der Waals surface area (Å²) >= 11 is 1.42. The van der Waals surface area contributed by atoms with Crippen molar-refractivity contribution < 1.29 is 9.90 Å². The van der Waals surface area contributed by atoms with Gasteiger partial charge in [-0.3, -0.25) is 5.32 Å². The van der Waals surface area contributed by atoms with Crippen LogP contribution in [0, 0.1) is 5.92 Å². The fraction of sp³-hybridized carbons (Fsp3) is 0.769. The molecule has 0 atom stereocenters. The molecule has 0 bridgehead atoms. The summed E-state index contributed by atoms with van der Waals surface area (Å²) in [6.45, 7) is 2.27. The largest absolute Gasteiger partial charge is 0.396 e. The number of aryl methyl sites for hydroxylation is 1. The molecule has 1 fully saturated rings. The molecule has 1 aromatic rings. The van der Waals surface area contributed by atoms with Crippen molar-refractivity contribution >= 4 is 22.5 Å². The lowest BCUT2D eigenvalue weighted by Crippen LogP contribution is -2.42. The minimum atomic E-state index is -0.128. The summed E-state index contributed by atoms with van der Waals surface area (Å²) in [7, 11) is 1.82. The fourth-order valence-electron chi connectivity index (χ4n) is 2.51. The zero-order valence-electron chi connectivity index (χ0n) is 12.0. The minimum absolute atomic E-state index is 0.128. The number of nitrogens with zero attached hydrogens (tertiary/aromatic N) is 3. The number of anilines is 1. The highest BCUT2D eigenvalue weighted by Crippen LogP contribution is 2.27. The van der Waals surface area contributed by atoms with Crippen molar-refractivity contribution in [1.82, 2.24) is 15.1 Å². The second kappa shape index (κ2) is 6.99. The van der Waals surface area contributed by atoms with Gasteiger partial charge in [0.25, 0.3) is 0 Å². The normalized spacial score (nSPS) is 22.6. The molecule has 20 heavy (non-hydrogen) atoms. The smallest absolute Gasteiger partial charge is 0.323 e. The number of nitrogens with one attached hydrogen (secondary N) is 1. The zero-order chi connectivity index (χ0) is 14.5. The van der Waals surface area contributed by atoms with Crippen LogP contribution in [-0.2, 0) is 6.42 Å². The predicted molar refractivity (Wildman–Crippen MR) is 78.9 cm³/mol. The number of aromatic nitrogens is 2. The third-order valence-electron chi connectivity index (χ3n) is 3.93. The molecule has 1 aliphatic carbocycles. The Balaban J connectivity index is 1.85. The maximum atomic E-state index is 12.2. The highest BCUT2D eigenvalue weighted by molar-refractivity contribution is 7.15. The first-order valence-electron chi connectivity index (χ1n) is 7.11. The molecule has 7 heteroatoms. The third-order valence-corrected chi connectivity index (χ3v) is 4.91. The van der Waals surface area contributed by atoms with E-state index >= 15 is 0 Å². The molecule has 2 rings (SSSR count). The van der Waals surface area contributed by atoms with Crippen molar-refractivity contribution in [2.75, 3.05) is 19.0 Å². The van der Waals surface area contributed by atoms with Crippen LogP contribution in [0.3, 0.4) is 0 Å². The molecule has 0 aliphatic heterocycles. The average Bonchev–Trinajstić information content (AvgIpc) is 2.94. The minimum Gasteiger partial charge on any atom is -0.396 e. The Morgan fingerprint density at radius 1 is 1.40 bits per heavy atom. The number of hydrogen-bond acceptors (Lipinski definition) is 5. The molecule has 2 amide bonds. The summed E-state index contributed by atoms with van der Waals surface area (Å²) in [4.78, 5) is 13.9. The van der Waals surface area contributed by atoms with Crippen molar-refractivity contribution in [3.05, 3.63) is 5.01 Å². The van der Waals surface area contributed by atoms with E-state index in [2.05, 4.69) is 15.5 Å². The van der Waals surface area contributed by atoms with E-state index in [-0.39, 0.29) is 18.7 Å². The first kappa shape index (κ1) is 15.2. The number of hydrogen-bond donors (Lipinski definition) is 2. The van der Waals surface area contributed by atoms with Gasteiger partial charge in [0.2, 0.25) is 5.13 Å². The number of rotatable bonds is 4. The van der Waals surface area contributed by atoms with Crippen molar-refractivity contribution in [3.8, 4) is 0 Å². The number of carbonyl (C=O) groups excluding carboxylic acids is 1. The Bertz CT molecular complexity index is 443. The molecule has 0 unspecified atom stereocenters. The SMILES string of the molecule is CCc1nnc(NC(=O)N(C)C2CCC(CO)CC2)s1. The van der Waals surface area contributed by atoms with E-state index in [0.29, 0.717) is 11.0 Å². The first-order valence-corrected chi connectivity index (χ1v) is 7.92. The van der Waals surface area contributed by atoms with Crippen LogP contribution < -0.4 is 5.32 Å². The highest BCUT2D eigenvalue weighted by atomic mass is 32.1. The molecule has 0 radical (unpaired) electrons. The van der Waals surface area contributed by atoms with Gasteiger partial charge in [-0.2, -0.15) is 0 Å². The fourth-order valence-corrected chi connectivity index (χ4v) is 3.18. The maximum absolute atomic E-state index is 12.2. The summed E-state index contributed by atoms with van der Waals surface area (Å²) in [5, 5.41) is 21.4. The van der Waals surface area contributed by atoms with Gasteiger partial charge in [0.1, 0.15) is 5.01 Å². The lowest BCUT2D eigenvalue weighted by atomic mass is 9.86. The van der Waals surface area contributed by atoms with Crippen LogP contribution in [-0.4, -0.2) is 45.9 Å². The molecule has 1 saturated carbocycles. The van der Waals surface area contributed by atoms with Crippen LogP contribution in [0.15, 0.2) is 0 Å². The molecule has 2 N–H and O–H groups in total. The molecule has 6 nitrogen and oxygen atoms in total.